The summed E-state index contributed by atoms with van der Waals surface area (Å²) in [6.07, 6.45) is 4.60. The normalized spacial score (nSPS) is 10.8. The number of imidazole rings is 1. The lowest BCUT2D eigenvalue weighted by Crippen LogP contribution is -2.01. The molecule has 2 aromatic rings. The molecular formula is C13H13N3O2. The van der Waals surface area contributed by atoms with Gasteiger partial charge in [0.05, 0.1) is 12.5 Å². The number of benzene rings is 1. The summed E-state index contributed by atoms with van der Waals surface area (Å²) >= 11 is 0. The van der Waals surface area contributed by atoms with E-state index in [2.05, 4.69) is 10.1 Å². The van der Waals surface area contributed by atoms with Crippen LogP contribution < -0.4 is 0 Å². The van der Waals surface area contributed by atoms with Crippen LogP contribution in [-0.2, 0) is 11.9 Å². The van der Waals surface area contributed by atoms with Gasteiger partial charge in [0.15, 0.2) is 5.69 Å². The Kier molecular flexibility index (Phi) is 3.52. The lowest BCUT2D eigenvalue weighted by molar-refractivity contribution is 0.0513. The number of hydrogen-bond donors (Lipinski definition) is 0. The molecule has 92 valence electrons. The van der Waals surface area contributed by atoms with Gasteiger partial charge >= 0.3 is 5.97 Å². The second-order valence-electron chi connectivity index (χ2n) is 3.95. The number of carbonyl (C=O) groups excluding carboxylic acids is 1. The first-order valence-electron chi connectivity index (χ1n) is 5.44. The zero-order valence-corrected chi connectivity index (χ0v) is 10.2. The lowest BCUT2D eigenvalue weighted by Gasteiger charge is -1.95. The molecule has 0 atom stereocenters. The number of nitrogens with zero attached hydrogens (tertiary/aromatic N) is 3. The zero-order chi connectivity index (χ0) is 13.0. The third kappa shape index (κ3) is 3.04. The van der Waals surface area contributed by atoms with E-state index in [0.29, 0.717) is 0 Å². The summed E-state index contributed by atoms with van der Waals surface area (Å²) in [5, 5.41) is 3.64. The van der Waals surface area contributed by atoms with Crippen LogP contribution in [0.15, 0.2) is 41.9 Å². The lowest BCUT2D eigenvalue weighted by atomic mass is 10.2. The highest BCUT2D eigenvalue weighted by atomic mass is 16.7. The summed E-state index contributed by atoms with van der Waals surface area (Å²) in [4.78, 5) is 20.1. The molecule has 1 aromatic heterocycles. The second-order valence-corrected chi connectivity index (χ2v) is 3.95. The average Bonchev–Trinajstić information content (AvgIpc) is 2.76. The Morgan fingerprint density at radius 1 is 1.50 bits per heavy atom. The van der Waals surface area contributed by atoms with Crippen molar-refractivity contribution >= 4 is 12.2 Å². The van der Waals surface area contributed by atoms with Crippen LogP contribution in [-0.4, -0.2) is 21.7 Å². The molecular weight excluding hydrogens is 230 g/mol. The summed E-state index contributed by atoms with van der Waals surface area (Å²) in [5.41, 5.74) is 2.23. The van der Waals surface area contributed by atoms with Crippen molar-refractivity contribution in [3.63, 3.8) is 0 Å². The van der Waals surface area contributed by atoms with Gasteiger partial charge in [-0.2, -0.15) is 0 Å². The van der Waals surface area contributed by atoms with Gasteiger partial charge in [0, 0.05) is 13.2 Å². The standard InChI is InChI=1S/C13H13N3O2/c1-10-4-3-5-11(6-10)7-15-18-13(17)12-8-16(2)9-14-12/h3-9H,1-2H3. The van der Waals surface area contributed by atoms with Gasteiger partial charge in [-0.15, -0.1) is 0 Å². The highest BCUT2D eigenvalue weighted by Crippen LogP contribution is 2.02. The summed E-state index contributed by atoms with van der Waals surface area (Å²) in [7, 11) is 1.78. The van der Waals surface area contributed by atoms with Gasteiger partial charge in [-0.3, -0.25) is 0 Å². The fourth-order valence-electron chi connectivity index (χ4n) is 1.45. The summed E-state index contributed by atoms with van der Waals surface area (Å²) in [5.74, 6) is -0.570. The minimum Gasteiger partial charge on any atom is -0.340 e. The first kappa shape index (κ1) is 12.0. The summed E-state index contributed by atoms with van der Waals surface area (Å²) in [6, 6.07) is 7.72. The van der Waals surface area contributed by atoms with Crippen LogP contribution in [0.25, 0.3) is 0 Å². The molecule has 0 bridgehead atoms. The van der Waals surface area contributed by atoms with E-state index in [1.807, 2.05) is 31.2 Å². The molecule has 5 heteroatoms. The predicted molar refractivity (Wildman–Crippen MR) is 67.4 cm³/mol. The van der Waals surface area contributed by atoms with Crippen molar-refractivity contribution in [3.05, 3.63) is 53.6 Å². The smallest absolute Gasteiger partial charge is 0.340 e. The van der Waals surface area contributed by atoms with Gasteiger partial charge < -0.3 is 9.40 Å². The van der Waals surface area contributed by atoms with Crippen LogP contribution in [0.1, 0.15) is 21.6 Å². The number of hydrogen-bond acceptors (Lipinski definition) is 4. The number of oxime groups is 1. The minimum absolute atomic E-state index is 0.235. The van der Waals surface area contributed by atoms with Crippen molar-refractivity contribution < 1.29 is 9.63 Å². The van der Waals surface area contributed by atoms with Crippen LogP contribution in [0.4, 0.5) is 0 Å². The number of carbonyl (C=O) groups is 1. The van der Waals surface area contributed by atoms with E-state index in [1.165, 1.54) is 12.5 Å². The van der Waals surface area contributed by atoms with Gasteiger partial charge in [0.1, 0.15) is 0 Å². The number of rotatable bonds is 3. The molecule has 0 saturated heterocycles. The Hall–Kier alpha value is -2.43. The van der Waals surface area contributed by atoms with Crippen molar-refractivity contribution in [2.75, 3.05) is 0 Å². The summed E-state index contributed by atoms with van der Waals surface area (Å²) in [6.45, 7) is 1.98. The molecule has 0 unspecified atom stereocenters. The van der Waals surface area contributed by atoms with Gasteiger partial charge in [0.2, 0.25) is 0 Å². The Bertz CT molecular complexity index is 587. The van der Waals surface area contributed by atoms with Crippen LogP contribution in [0.2, 0.25) is 0 Å². The molecule has 2 rings (SSSR count). The molecule has 1 heterocycles. The second kappa shape index (κ2) is 5.27. The SMILES string of the molecule is Cc1cccc(C=NOC(=O)c2cn(C)cn2)c1. The molecule has 0 radical (unpaired) electrons. The minimum atomic E-state index is -0.570. The summed E-state index contributed by atoms with van der Waals surface area (Å²) < 4.78 is 1.67. The first-order valence-corrected chi connectivity index (χ1v) is 5.44. The fourth-order valence-corrected chi connectivity index (χ4v) is 1.45. The van der Waals surface area contributed by atoms with Crippen molar-refractivity contribution in [2.24, 2.45) is 12.2 Å². The Morgan fingerprint density at radius 3 is 3.00 bits per heavy atom. The Balaban J connectivity index is 1.97. The highest BCUT2D eigenvalue weighted by molar-refractivity contribution is 5.87. The van der Waals surface area contributed by atoms with E-state index < -0.39 is 5.97 Å². The van der Waals surface area contributed by atoms with Crippen LogP contribution in [0.3, 0.4) is 0 Å². The van der Waals surface area contributed by atoms with Gasteiger partial charge in [-0.1, -0.05) is 35.0 Å². The van der Waals surface area contributed by atoms with Crippen LogP contribution in [0.5, 0.6) is 0 Å². The highest BCUT2D eigenvalue weighted by Gasteiger charge is 2.09. The van der Waals surface area contributed by atoms with Gasteiger partial charge in [-0.05, 0) is 12.5 Å². The van der Waals surface area contributed by atoms with E-state index >= 15 is 0 Å². The van der Waals surface area contributed by atoms with Crippen molar-refractivity contribution in [3.8, 4) is 0 Å². The van der Waals surface area contributed by atoms with E-state index in [0.717, 1.165) is 11.1 Å². The molecule has 0 amide bonds. The largest absolute Gasteiger partial charge is 0.385 e. The Morgan fingerprint density at radius 2 is 2.33 bits per heavy atom. The zero-order valence-electron chi connectivity index (χ0n) is 10.2. The molecule has 0 aliphatic heterocycles. The Labute approximate surface area is 105 Å². The molecule has 1 aromatic carbocycles. The average molecular weight is 243 g/mol. The maximum absolute atomic E-state index is 11.5. The molecule has 0 fully saturated rings. The van der Waals surface area contributed by atoms with Crippen LogP contribution >= 0.6 is 0 Å². The number of aryl methyl sites for hydroxylation is 2. The number of aromatic nitrogens is 2. The third-order valence-electron chi connectivity index (χ3n) is 2.29. The first-order chi connectivity index (χ1) is 8.65. The monoisotopic (exact) mass is 243 g/mol. The van der Waals surface area contributed by atoms with Crippen molar-refractivity contribution in [2.45, 2.75) is 6.92 Å². The van der Waals surface area contributed by atoms with E-state index in [-0.39, 0.29) is 5.69 Å². The molecule has 0 N–H and O–H groups in total. The predicted octanol–water partition coefficient (Wildman–Crippen LogP) is 1.92. The third-order valence-corrected chi connectivity index (χ3v) is 2.29. The van der Waals surface area contributed by atoms with E-state index in [9.17, 15) is 4.79 Å². The molecule has 0 aliphatic rings. The molecule has 0 spiro atoms. The maximum Gasteiger partial charge on any atom is 0.385 e. The molecule has 0 aliphatic carbocycles. The maximum atomic E-state index is 11.5. The molecule has 0 saturated carbocycles. The van der Waals surface area contributed by atoms with Crippen LogP contribution in [0, 0.1) is 6.92 Å². The molecule has 18 heavy (non-hydrogen) atoms. The van der Waals surface area contributed by atoms with Gasteiger partial charge in [-0.25, -0.2) is 9.78 Å². The van der Waals surface area contributed by atoms with Gasteiger partial charge in [0.25, 0.3) is 0 Å². The van der Waals surface area contributed by atoms with E-state index in [1.54, 1.807) is 17.8 Å². The van der Waals surface area contributed by atoms with Crippen molar-refractivity contribution in [1.82, 2.24) is 9.55 Å². The quantitative estimate of drug-likeness (QED) is 0.470. The van der Waals surface area contributed by atoms with E-state index in [4.69, 9.17) is 4.84 Å². The topological polar surface area (TPSA) is 56.5 Å². The molecule has 5 nitrogen and oxygen atoms in total. The fraction of sp³-hybridized carbons (Fsp3) is 0.154. The van der Waals surface area contributed by atoms with Crippen molar-refractivity contribution in [1.29, 1.82) is 0 Å².